The third-order valence-electron chi connectivity index (χ3n) is 4.57. The summed E-state index contributed by atoms with van der Waals surface area (Å²) in [5.41, 5.74) is 0. The van der Waals surface area contributed by atoms with E-state index in [1.54, 1.807) is 11.8 Å². The molecule has 0 aliphatic carbocycles. The number of rotatable bonds is 4. The lowest BCUT2D eigenvalue weighted by Crippen LogP contribution is -2.39. The van der Waals surface area contributed by atoms with E-state index >= 15 is 0 Å². The Morgan fingerprint density at radius 1 is 1.23 bits per heavy atom. The summed E-state index contributed by atoms with van der Waals surface area (Å²) in [7, 11) is 0. The lowest BCUT2D eigenvalue weighted by Gasteiger charge is -2.25. The van der Waals surface area contributed by atoms with Crippen molar-refractivity contribution in [2.75, 3.05) is 31.9 Å². The molecule has 0 radical (unpaired) electrons. The molecule has 0 N–H and O–H groups in total. The Kier molecular flexibility index (Phi) is 5.83. The van der Waals surface area contributed by atoms with Gasteiger partial charge in [0.05, 0.1) is 0 Å². The molecule has 0 saturated carbocycles. The van der Waals surface area contributed by atoms with Gasteiger partial charge in [-0.05, 0) is 53.9 Å². The number of hydrogen-bond acceptors (Lipinski definition) is 3. The molecule has 120 valence electrons. The van der Waals surface area contributed by atoms with Crippen molar-refractivity contribution in [3.63, 3.8) is 0 Å². The molecule has 1 atom stereocenters. The number of nitrogens with zero attached hydrogens (tertiary/aromatic N) is 2. The lowest BCUT2D eigenvalue weighted by atomic mass is 10.2. The van der Waals surface area contributed by atoms with Gasteiger partial charge in [-0.3, -0.25) is 9.69 Å². The fraction of sp³-hybridized carbons (Fsp3) is 0.588. The average Bonchev–Trinajstić information content (AvgIpc) is 2.86. The maximum absolute atomic E-state index is 12.5. The zero-order valence-electron chi connectivity index (χ0n) is 12.8. The van der Waals surface area contributed by atoms with Crippen molar-refractivity contribution < 1.29 is 4.79 Å². The van der Waals surface area contributed by atoms with E-state index in [1.165, 1.54) is 30.8 Å². The normalized spacial score (nSPS) is 22.4. The maximum atomic E-state index is 12.5. The summed E-state index contributed by atoms with van der Waals surface area (Å²) in [6, 6.07) is 8.82. The number of thioether (sulfide) groups is 1. The molecule has 0 spiro atoms. The molecule has 1 aromatic carbocycles. The first kappa shape index (κ1) is 16.3. The van der Waals surface area contributed by atoms with E-state index < -0.39 is 0 Å². The Balaban J connectivity index is 1.48. The number of benzene rings is 1. The van der Waals surface area contributed by atoms with Crippen LogP contribution in [0.2, 0.25) is 0 Å². The van der Waals surface area contributed by atoms with Gasteiger partial charge in [0.2, 0.25) is 5.91 Å². The Morgan fingerprint density at radius 3 is 2.91 bits per heavy atom. The molecular formula is C17H23BrN2OS. The van der Waals surface area contributed by atoms with Crippen LogP contribution in [0.25, 0.3) is 0 Å². The van der Waals surface area contributed by atoms with E-state index in [9.17, 15) is 4.79 Å². The van der Waals surface area contributed by atoms with Crippen LogP contribution in [0.3, 0.4) is 0 Å². The molecule has 1 amide bonds. The van der Waals surface area contributed by atoms with E-state index in [0.29, 0.717) is 18.4 Å². The van der Waals surface area contributed by atoms with Crippen molar-refractivity contribution in [1.29, 1.82) is 0 Å². The van der Waals surface area contributed by atoms with Crippen molar-refractivity contribution in [1.82, 2.24) is 9.80 Å². The van der Waals surface area contributed by atoms with Crippen LogP contribution in [0.15, 0.2) is 33.6 Å². The summed E-state index contributed by atoms with van der Waals surface area (Å²) >= 11 is 5.32. The van der Waals surface area contributed by atoms with E-state index in [1.807, 2.05) is 18.2 Å². The summed E-state index contributed by atoms with van der Waals surface area (Å²) in [5, 5.41) is 0. The summed E-state index contributed by atoms with van der Waals surface area (Å²) in [5.74, 6) is 1.18. The molecule has 0 aromatic heterocycles. The van der Waals surface area contributed by atoms with Crippen LogP contribution in [-0.4, -0.2) is 53.7 Å². The lowest BCUT2D eigenvalue weighted by molar-refractivity contribution is -0.131. The van der Waals surface area contributed by atoms with Crippen LogP contribution >= 0.6 is 27.7 Å². The highest BCUT2D eigenvalue weighted by Crippen LogP contribution is 2.28. The zero-order chi connectivity index (χ0) is 15.4. The molecule has 2 fully saturated rings. The minimum atomic E-state index is 0.327. The third kappa shape index (κ3) is 4.06. The number of hydrogen-bond donors (Lipinski definition) is 0. The molecule has 2 saturated heterocycles. The standard InChI is InChI=1S/C17H23BrN2OS/c18-15-6-1-2-7-16(15)22-12-8-17(21)20-11-4-10-19-9-3-5-14(19)13-20/h1-2,6-7,14H,3-5,8-13H2/t14-/m0/s1. The van der Waals surface area contributed by atoms with Crippen LogP contribution in [0.5, 0.6) is 0 Å². The van der Waals surface area contributed by atoms with Crippen molar-refractivity contribution in [3.8, 4) is 0 Å². The SMILES string of the molecule is O=C(CCSc1ccccc1Br)N1CCCN2CCC[C@H]2C1. The Morgan fingerprint density at radius 2 is 2.05 bits per heavy atom. The first-order valence-corrected chi connectivity index (χ1v) is 9.91. The second-order valence-electron chi connectivity index (χ2n) is 6.05. The highest BCUT2D eigenvalue weighted by Gasteiger charge is 2.30. The van der Waals surface area contributed by atoms with Gasteiger partial charge in [-0.15, -0.1) is 11.8 Å². The molecule has 3 rings (SSSR count). The van der Waals surface area contributed by atoms with E-state index in [2.05, 4.69) is 31.8 Å². The van der Waals surface area contributed by atoms with Crippen molar-refractivity contribution >= 4 is 33.6 Å². The van der Waals surface area contributed by atoms with Gasteiger partial charge in [-0.2, -0.15) is 0 Å². The van der Waals surface area contributed by atoms with Crippen molar-refractivity contribution in [2.24, 2.45) is 0 Å². The number of carbonyl (C=O) groups excluding carboxylic acids is 1. The van der Waals surface area contributed by atoms with E-state index in [4.69, 9.17) is 0 Å². The van der Waals surface area contributed by atoms with Crippen molar-refractivity contribution in [3.05, 3.63) is 28.7 Å². The fourth-order valence-electron chi connectivity index (χ4n) is 3.40. The van der Waals surface area contributed by atoms with Gasteiger partial charge in [0, 0.05) is 47.2 Å². The molecule has 0 bridgehead atoms. The van der Waals surface area contributed by atoms with Crippen LogP contribution in [0, 0.1) is 0 Å². The largest absolute Gasteiger partial charge is 0.341 e. The van der Waals surface area contributed by atoms with Gasteiger partial charge in [-0.1, -0.05) is 12.1 Å². The van der Waals surface area contributed by atoms with Crippen LogP contribution < -0.4 is 0 Å². The van der Waals surface area contributed by atoms with Crippen LogP contribution in [0.4, 0.5) is 0 Å². The summed E-state index contributed by atoms with van der Waals surface area (Å²) in [6.07, 6.45) is 4.32. The highest BCUT2D eigenvalue weighted by molar-refractivity contribution is 9.10. The summed E-state index contributed by atoms with van der Waals surface area (Å²) in [4.78, 5) is 18.4. The second kappa shape index (κ2) is 7.84. The average molecular weight is 383 g/mol. The monoisotopic (exact) mass is 382 g/mol. The minimum Gasteiger partial charge on any atom is -0.341 e. The molecule has 2 heterocycles. The van der Waals surface area contributed by atoms with Gasteiger partial charge >= 0.3 is 0 Å². The van der Waals surface area contributed by atoms with E-state index in [0.717, 1.165) is 29.7 Å². The molecular weight excluding hydrogens is 360 g/mol. The summed E-state index contributed by atoms with van der Waals surface area (Å²) in [6.45, 7) is 4.27. The van der Waals surface area contributed by atoms with Gasteiger partial charge in [0.25, 0.3) is 0 Å². The second-order valence-corrected chi connectivity index (χ2v) is 8.05. The van der Waals surface area contributed by atoms with Gasteiger partial charge < -0.3 is 4.90 Å². The van der Waals surface area contributed by atoms with Crippen molar-refractivity contribution in [2.45, 2.75) is 36.6 Å². The quantitative estimate of drug-likeness (QED) is 0.742. The van der Waals surface area contributed by atoms with Gasteiger partial charge in [0.1, 0.15) is 0 Å². The molecule has 2 aliphatic heterocycles. The molecule has 2 aliphatic rings. The number of fused-ring (bicyclic) bond motifs is 1. The molecule has 0 unspecified atom stereocenters. The van der Waals surface area contributed by atoms with Crippen LogP contribution in [0.1, 0.15) is 25.7 Å². The summed E-state index contributed by atoms with van der Waals surface area (Å²) < 4.78 is 1.11. The van der Waals surface area contributed by atoms with E-state index in [-0.39, 0.29) is 0 Å². The predicted molar refractivity (Wildman–Crippen MR) is 95.3 cm³/mol. The highest BCUT2D eigenvalue weighted by atomic mass is 79.9. The smallest absolute Gasteiger partial charge is 0.223 e. The first-order valence-electron chi connectivity index (χ1n) is 8.13. The number of amides is 1. The number of halogens is 1. The predicted octanol–water partition coefficient (Wildman–Crippen LogP) is 3.63. The fourth-order valence-corrected chi connectivity index (χ4v) is 4.91. The Hall–Kier alpha value is -0.520. The topological polar surface area (TPSA) is 23.6 Å². The van der Waals surface area contributed by atoms with Gasteiger partial charge in [-0.25, -0.2) is 0 Å². The first-order chi connectivity index (χ1) is 10.7. The maximum Gasteiger partial charge on any atom is 0.223 e. The van der Waals surface area contributed by atoms with Crippen LogP contribution in [-0.2, 0) is 4.79 Å². The minimum absolute atomic E-state index is 0.327. The molecule has 1 aromatic rings. The molecule has 22 heavy (non-hydrogen) atoms. The zero-order valence-corrected chi connectivity index (χ0v) is 15.2. The Labute approximate surface area is 145 Å². The number of carbonyl (C=O) groups is 1. The molecule has 5 heteroatoms. The van der Waals surface area contributed by atoms with Gasteiger partial charge in [0.15, 0.2) is 0 Å². The third-order valence-corrected chi connectivity index (χ3v) is 6.60. The Bertz CT molecular complexity index is 525. The molecule has 3 nitrogen and oxygen atoms in total.